The Morgan fingerprint density at radius 1 is 1.19 bits per heavy atom. The third-order valence-electron chi connectivity index (χ3n) is 4.05. The Kier molecular flexibility index (Phi) is 6.64. The van der Waals surface area contributed by atoms with Crippen molar-refractivity contribution in [3.05, 3.63) is 36.4 Å². The number of piperazine rings is 1. The van der Waals surface area contributed by atoms with Crippen LogP contribution >= 0.6 is 0 Å². The Bertz CT molecular complexity index is 427. The zero-order valence-electron chi connectivity index (χ0n) is 13.3. The van der Waals surface area contributed by atoms with Crippen molar-refractivity contribution in [2.75, 3.05) is 52.2 Å². The van der Waals surface area contributed by atoms with Crippen molar-refractivity contribution in [2.45, 2.75) is 6.92 Å². The number of hydrogen-bond donors (Lipinski definition) is 0. The molecule has 0 unspecified atom stereocenters. The molecule has 1 aromatic carbocycles. The maximum atomic E-state index is 5.76. The molecule has 0 saturated carbocycles. The quantitative estimate of drug-likeness (QED) is 0.708. The highest BCUT2D eigenvalue weighted by molar-refractivity contribution is 6.73. The van der Waals surface area contributed by atoms with Crippen LogP contribution in [0.25, 0.3) is 6.08 Å². The highest BCUT2D eigenvalue weighted by Gasteiger charge is 2.21. The molecule has 1 saturated heterocycles. The third kappa shape index (κ3) is 5.07. The largest absolute Gasteiger partial charge is 0.385 e. The van der Waals surface area contributed by atoms with Gasteiger partial charge in [0.1, 0.15) is 8.80 Å². The first-order chi connectivity index (χ1) is 10.2. The van der Waals surface area contributed by atoms with Crippen LogP contribution in [0.2, 0.25) is 0 Å². The van der Waals surface area contributed by atoms with Crippen LogP contribution in [-0.4, -0.2) is 70.8 Å². The molecule has 1 aliphatic heterocycles. The van der Waals surface area contributed by atoms with Gasteiger partial charge in [-0.2, -0.15) is 0 Å². The number of ether oxygens (including phenoxy) is 1. The minimum atomic E-state index is -0.675. The first kappa shape index (κ1) is 16.4. The number of rotatable bonds is 7. The fourth-order valence-corrected chi connectivity index (χ4v) is 4.96. The van der Waals surface area contributed by atoms with Gasteiger partial charge in [-0.15, -0.1) is 0 Å². The van der Waals surface area contributed by atoms with Gasteiger partial charge in [0.25, 0.3) is 0 Å². The van der Waals surface area contributed by atoms with Gasteiger partial charge in [-0.05, 0) is 25.7 Å². The van der Waals surface area contributed by atoms with Crippen molar-refractivity contribution in [1.82, 2.24) is 9.80 Å². The molecule has 2 rings (SSSR count). The smallest absolute Gasteiger partial charge is 0.132 e. The van der Waals surface area contributed by atoms with Gasteiger partial charge in [-0.3, -0.25) is 0 Å². The summed E-state index contributed by atoms with van der Waals surface area (Å²) in [5, 5.41) is 1.47. The van der Waals surface area contributed by atoms with Crippen molar-refractivity contribution in [3.63, 3.8) is 0 Å². The van der Waals surface area contributed by atoms with Crippen LogP contribution in [0.15, 0.2) is 30.8 Å². The predicted molar refractivity (Wildman–Crippen MR) is 92.4 cm³/mol. The molecule has 0 amide bonds. The number of likely N-dealkylation sites (N-methyl/N-ethyl adjacent to an activating group) is 1. The first-order valence-electron chi connectivity index (χ1n) is 7.79. The summed E-state index contributed by atoms with van der Waals surface area (Å²) < 4.78 is 5.76. The van der Waals surface area contributed by atoms with E-state index >= 15 is 0 Å². The van der Waals surface area contributed by atoms with Gasteiger partial charge in [-0.1, -0.05) is 42.1 Å². The molecule has 1 fully saturated rings. The molecule has 3 nitrogen and oxygen atoms in total. The molecule has 0 N–H and O–H groups in total. The van der Waals surface area contributed by atoms with Crippen LogP contribution in [0.4, 0.5) is 0 Å². The first-order valence-corrected chi connectivity index (χ1v) is 9.70. The van der Waals surface area contributed by atoms with E-state index in [1.165, 1.54) is 43.1 Å². The zero-order chi connectivity index (χ0) is 15.1. The second-order valence-electron chi connectivity index (χ2n) is 5.65. The predicted octanol–water partition coefficient (Wildman–Crippen LogP) is 1.39. The Balaban J connectivity index is 2.00. The summed E-state index contributed by atoms with van der Waals surface area (Å²) in [7, 11) is 1.53. The molecular formula is C17H27N2OSi. The van der Waals surface area contributed by atoms with Gasteiger partial charge in [0.05, 0.1) is 0 Å². The second kappa shape index (κ2) is 8.49. The monoisotopic (exact) mass is 303 g/mol. The fraction of sp³-hybridized carbons (Fsp3) is 0.529. The molecule has 0 aromatic heterocycles. The number of hydrogen-bond acceptors (Lipinski definition) is 3. The molecule has 4 heteroatoms. The average Bonchev–Trinajstić information content (AvgIpc) is 2.53. The lowest BCUT2D eigenvalue weighted by Gasteiger charge is -2.34. The molecule has 1 heterocycles. The van der Waals surface area contributed by atoms with E-state index in [9.17, 15) is 0 Å². The second-order valence-corrected chi connectivity index (χ2v) is 8.04. The summed E-state index contributed by atoms with van der Waals surface area (Å²) in [6.45, 7) is 11.4. The molecule has 0 aliphatic carbocycles. The highest BCUT2D eigenvalue weighted by atomic mass is 28.3. The standard InChI is InChI=1S/C17H27N2OSi/c1-4-16-6-8-17(9-7-16)21(15-20-5-2)14-19-12-10-18(3)11-13-19/h4,6-9H,1,5,10-15H2,2-3H3. The Labute approximate surface area is 130 Å². The lowest BCUT2D eigenvalue weighted by Crippen LogP contribution is -2.52. The minimum Gasteiger partial charge on any atom is -0.385 e. The summed E-state index contributed by atoms with van der Waals surface area (Å²) in [5.41, 5.74) is 1.19. The number of benzene rings is 1. The van der Waals surface area contributed by atoms with E-state index in [1.807, 2.05) is 6.08 Å². The van der Waals surface area contributed by atoms with Gasteiger partial charge < -0.3 is 14.5 Å². The van der Waals surface area contributed by atoms with E-state index in [0.29, 0.717) is 0 Å². The fourth-order valence-electron chi connectivity index (χ4n) is 2.58. The van der Waals surface area contributed by atoms with Crippen LogP contribution in [0.5, 0.6) is 0 Å². The van der Waals surface area contributed by atoms with E-state index in [0.717, 1.165) is 12.8 Å². The topological polar surface area (TPSA) is 15.7 Å². The van der Waals surface area contributed by atoms with E-state index < -0.39 is 8.80 Å². The molecular weight excluding hydrogens is 276 g/mol. The number of nitrogens with zero attached hydrogens (tertiary/aromatic N) is 2. The van der Waals surface area contributed by atoms with Gasteiger partial charge in [0, 0.05) is 39.0 Å². The molecule has 0 bridgehead atoms. The SMILES string of the molecule is C=Cc1ccc([Si](COCC)CN2CCN(C)CC2)cc1. The zero-order valence-corrected chi connectivity index (χ0v) is 14.3. The molecule has 1 aliphatic rings. The molecule has 21 heavy (non-hydrogen) atoms. The molecule has 1 radical (unpaired) electrons. The Morgan fingerprint density at radius 3 is 2.43 bits per heavy atom. The summed E-state index contributed by atoms with van der Waals surface area (Å²) in [6, 6.07) is 8.87. The minimum absolute atomic E-state index is 0.675. The summed E-state index contributed by atoms with van der Waals surface area (Å²) in [5.74, 6) is 0. The van der Waals surface area contributed by atoms with Crippen molar-refractivity contribution < 1.29 is 4.74 Å². The normalized spacial score (nSPS) is 17.3. The van der Waals surface area contributed by atoms with Crippen LogP contribution in [0.3, 0.4) is 0 Å². The summed E-state index contributed by atoms with van der Waals surface area (Å²) in [6.07, 6.45) is 3.99. The van der Waals surface area contributed by atoms with Gasteiger partial charge in [-0.25, -0.2) is 0 Å². The van der Waals surface area contributed by atoms with E-state index in [4.69, 9.17) is 4.74 Å². The van der Waals surface area contributed by atoms with Gasteiger partial charge in [0.15, 0.2) is 0 Å². The van der Waals surface area contributed by atoms with Gasteiger partial charge >= 0.3 is 0 Å². The van der Waals surface area contributed by atoms with E-state index in [2.05, 4.69) is 54.6 Å². The maximum Gasteiger partial charge on any atom is 0.132 e. The van der Waals surface area contributed by atoms with Crippen molar-refractivity contribution >= 4 is 20.1 Å². The average molecular weight is 304 g/mol. The molecule has 0 spiro atoms. The lowest BCUT2D eigenvalue weighted by atomic mass is 10.2. The molecule has 1 aromatic rings. The van der Waals surface area contributed by atoms with Crippen molar-refractivity contribution in [1.29, 1.82) is 0 Å². The van der Waals surface area contributed by atoms with Crippen LogP contribution < -0.4 is 5.19 Å². The summed E-state index contributed by atoms with van der Waals surface area (Å²) in [4.78, 5) is 5.01. The highest BCUT2D eigenvalue weighted by Crippen LogP contribution is 2.03. The van der Waals surface area contributed by atoms with Crippen molar-refractivity contribution in [2.24, 2.45) is 0 Å². The van der Waals surface area contributed by atoms with E-state index in [-0.39, 0.29) is 0 Å². The van der Waals surface area contributed by atoms with Crippen LogP contribution in [-0.2, 0) is 4.74 Å². The molecule has 115 valence electrons. The van der Waals surface area contributed by atoms with Crippen LogP contribution in [0, 0.1) is 0 Å². The van der Waals surface area contributed by atoms with Gasteiger partial charge in [0.2, 0.25) is 0 Å². The lowest BCUT2D eigenvalue weighted by molar-refractivity contribution is 0.164. The maximum absolute atomic E-state index is 5.76. The Hall–Kier alpha value is -0.943. The third-order valence-corrected chi connectivity index (χ3v) is 6.58. The Morgan fingerprint density at radius 2 is 1.86 bits per heavy atom. The van der Waals surface area contributed by atoms with Crippen molar-refractivity contribution in [3.8, 4) is 0 Å². The van der Waals surface area contributed by atoms with Crippen LogP contribution in [0.1, 0.15) is 12.5 Å². The summed E-state index contributed by atoms with van der Waals surface area (Å²) >= 11 is 0. The van der Waals surface area contributed by atoms with E-state index in [1.54, 1.807) is 0 Å². The molecule has 0 atom stereocenters.